The molecule has 168 valence electrons. The summed E-state index contributed by atoms with van der Waals surface area (Å²) in [7, 11) is 5.41. The van der Waals surface area contributed by atoms with E-state index in [-0.39, 0.29) is 23.7 Å². The fraction of sp³-hybridized carbons (Fsp3) is 0.318. The minimum atomic E-state index is -0.778. The van der Waals surface area contributed by atoms with Crippen LogP contribution in [0, 0.1) is 5.82 Å². The first-order valence-electron chi connectivity index (χ1n) is 10.0. The Hall–Kier alpha value is -3.82. The second-order valence-electron chi connectivity index (χ2n) is 7.64. The van der Waals surface area contributed by atoms with Gasteiger partial charge in [0.05, 0.1) is 18.3 Å². The zero-order chi connectivity index (χ0) is 23.3. The smallest absolute Gasteiger partial charge is 0.291 e. The van der Waals surface area contributed by atoms with Crippen molar-refractivity contribution in [3.05, 3.63) is 76.0 Å². The monoisotopic (exact) mass is 440 g/mol. The quantitative estimate of drug-likeness (QED) is 0.501. The van der Waals surface area contributed by atoms with E-state index in [1.165, 1.54) is 27.7 Å². The molecule has 9 nitrogen and oxygen atoms in total. The van der Waals surface area contributed by atoms with Crippen molar-refractivity contribution in [1.29, 1.82) is 0 Å². The number of amides is 1. The van der Waals surface area contributed by atoms with Crippen molar-refractivity contribution in [2.45, 2.75) is 25.4 Å². The number of nitrogens with one attached hydrogen (secondary N) is 1. The van der Waals surface area contributed by atoms with Gasteiger partial charge in [0.2, 0.25) is 5.82 Å². The molecule has 1 atom stereocenters. The van der Waals surface area contributed by atoms with Gasteiger partial charge in [-0.1, -0.05) is 18.2 Å². The van der Waals surface area contributed by atoms with Gasteiger partial charge < -0.3 is 19.6 Å². The van der Waals surface area contributed by atoms with Crippen LogP contribution >= 0.6 is 0 Å². The predicted octanol–water partition coefficient (Wildman–Crippen LogP) is 1.16. The van der Waals surface area contributed by atoms with Crippen molar-refractivity contribution in [3.63, 3.8) is 0 Å². The van der Waals surface area contributed by atoms with Gasteiger partial charge in [0.1, 0.15) is 18.4 Å². The number of anilines is 1. The number of halogens is 1. The summed E-state index contributed by atoms with van der Waals surface area (Å²) in [6, 6.07) is 7.03. The van der Waals surface area contributed by atoms with Gasteiger partial charge in [-0.3, -0.25) is 9.59 Å². The molecule has 1 N–H and O–H groups in total. The number of carbonyl (C=O) groups is 2. The summed E-state index contributed by atoms with van der Waals surface area (Å²) in [5, 5.41) is 6.67. The number of hydrogen-bond acceptors (Lipinski definition) is 6. The molecule has 1 amide bonds. The predicted molar refractivity (Wildman–Crippen MR) is 117 cm³/mol. The molecule has 0 aliphatic heterocycles. The van der Waals surface area contributed by atoms with Crippen LogP contribution in [0.25, 0.3) is 0 Å². The van der Waals surface area contributed by atoms with Crippen molar-refractivity contribution in [2.24, 2.45) is 7.05 Å². The molecule has 1 aromatic carbocycles. The Morgan fingerprint density at radius 1 is 1.28 bits per heavy atom. The lowest BCUT2D eigenvalue weighted by Gasteiger charge is -2.19. The van der Waals surface area contributed by atoms with Crippen LogP contribution in [0.3, 0.4) is 0 Å². The average molecular weight is 440 g/mol. The molecule has 0 saturated heterocycles. The highest BCUT2D eigenvalue weighted by atomic mass is 19.1. The number of aldehydes is 1. The number of carbonyl (C=O) groups excluding carboxylic acids is 2. The lowest BCUT2D eigenvalue weighted by molar-refractivity contribution is -0.109. The molecular formula is C22H25FN6O3. The van der Waals surface area contributed by atoms with Gasteiger partial charge in [-0.25, -0.2) is 14.1 Å². The summed E-state index contributed by atoms with van der Waals surface area (Å²) < 4.78 is 16.6. The maximum atomic E-state index is 13.8. The highest BCUT2D eigenvalue weighted by molar-refractivity contribution is 5.92. The second kappa shape index (κ2) is 9.99. The summed E-state index contributed by atoms with van der Waals surface area (Å²) in [5.41, 5.74) is 1.91. The van der Waals surface area contributed by atoms with Crippen molar-refractivity contribution < 1.29 is 14.0 Å². The molecule has 1 unspecified atom stereocenters. The van der Waals surface area contributed by atoms with E-state index in [4.69, 9.17) is 0 Å². The molecule has 3 aromatic rings. The highest BCUT2D eigenvalue weighted by Gasteiger charge is 2.18. The third-order valence-electron chi connectivity index (χ3n) is 5.01. The highest BCUT2D eigenvalue weighted by Crippen LogP contribution is 2.18. The van der Waals surface area contributed by atoms with E-state index in [9.17, 15) is 18.8 Å². The van der Waals surface area contributed by atoms with Gasteiger partial charge in [-0.15, -0.1) is 5.10 Å². The van der Waals surface area contributed by atoms with Crippen LogP contribution < -0.4 is 15.8 Å². The van der Waals surface area contributed by atoms with Crippen LogP contribution in [-0.4, -0.2) is 51.7 Å². The average Bonchev–Trinajstić information content (AvgIpc) is 3.23. The zero-order valence-electron chi connectivity index (χ0n) is 18.2. The summed E-state index contributed by atoms with van der Waals surface area (Å²) in [4.78, 5) is 41.9. The number of hydrogen-bond donors (Lipinski definition) is 1. The van der Waals surface area contributed by atoms with Crippen molar-refractivity contribution in [1.82, 2.24) is 24.6 Å². The molecular weight excluding hydrogens is 415 g/mol. The second-order valence-corrected chi connectivity index (χ2v) is 7.64. The molecule has 0 radical (unpaired) electrons. The molecule has 0 aliphatic carbocycles. The SMILES string of the molecule is CN(C)c1cn(C)c(=O)cc1CCC(C=O)NC(=O)c1ncn(Cc2ccccc2F)n1. The van der Waals surface area contributed by atoms with Gasteiger partial charge in [-0.05, 0) is 24.5 Å². The summed E-state index contributed by atoms with van der Waals surface area (Å²) in [6.45, 7) is 0.125. The maximum absolute atomic E-state index is 13.8. The fourth-order valence-corrected chi connectivity index (χ4v) is 3.25. The normalized spacial score (nSPS) is 11.8. The van der Waals surface area contributed by atoms with Crippen LogP contribution in [-0.2, 0) is 24.8 Å². The first-order chi connectivity index (χ1) is 15.3. The van der Waals surface area contributed by atoms with Crippen LogP contribution in [0.1, 0.15) is 28.2 Å². The molecule has 0 spiro atoms. The van der Waals surface area contributed by atoms with E-state index >= 15 is 0 Å². The Morgan fingerprint density at radius 3 is 2.72 bits per heavy atom. The molecule has 0 bridgehead atoms. The number of pyridine rings is 1. The number of aryl methyl sites for hydroxylation is 2. The topological polar surface area (TPSA) is 102 Å². The largest absolute Gasteiger partial charge is 0.376 e. The molecule has 3 rings (SSSR count). The summed E-state index contributed by atoms with van der Waals surface area (Å²) in [6.07, 6.45) is 4.44. The summed E-state index contributed by atoms with van der Waals surface area (Å²) in [5.74, 6) is -1.09. The van der Waals surface area contributed by atoms with Crippen LogP contribution in [0.2, 0.25) is 0 Å². The third kappa shape index (κ3) is 5.45. The lowest BCUT2D eigenvalue weighted by atomic mass is 10.0. The lowest BCUT2D eigenvalue weighted by Crippen LogP contribution is -2.37. The minimum Gasteiger partial charge on any atom is -0.376 e. The Morgan fingerprint density at radius 2 is 2.03 bits per heavy atom. The molecule has 0 fully saturated rings. The fourth-order valence-electron chi connectivity index (χ4n) is 3.25. The Kier molecular flexibility index (Phi) is 7.14. The van der Waals surface area contributed by atoms with Crippen LogP contribution in [0.5, 0.6) is 0 Å². The van der Waals surface area contributed by atoms with E-state index in [0.29, 0.717) is 24.7 Å². The molecule has 2 heterocycles. The van der Waals surface area contributed by atoms with Crippen LogP contribution in [0.15, 0.2) is 47.7 Å². The number of nitrogens with zero attached hydrogens (tertiary/aromatic N) is 5. The van der Waals surface area contributed by atoms with E-state index in [0.717, 1.165) is 11.3 Å². The summed E-state index contributed by atoms with van der Waals surface area (Å²) >= 11 is 0. The first-order valence-corrected chi connectivity index (χ1v) is 10.0. The number of rotatable bonds is 9. The zero-order valence-corrected chi connectivity index (χ0v) is 18.2. The van der Waals surface area contributed by atoms with Gasteiger partial charge >= 0.3 is 0 Å². The number of aromatic nitrogens is 4. The van der Waals surface area contributed by atoms with Gasteiger partial charge in [0.15, 0.2) is 0 Å². The van der Waals surface area contributed by atoms with E-state index in [1.54, 1.807) is 31.4 Å². The van der Waals surface area contributed by atoms with Gasteiger partial charge in [-0.2, -0.15) is 0 Å². The first kappa shape index (κ1) is 22.9. The molecule has 10 heteroatoms. The number of benzene rings is 1. The Labute approximate surface area is 184 Å². The van der Waals surface area contributed by atoms with E-state index in [1.807, 2.05) is 19.0 Å². The van der Waals surface area contributed by atoms with Crippen molar-refractivity contribution in [3.8, 4) is 0 Å². The van der Waals surface area contributed by atoms with Crippen LogP contribution in [0.4, 0.5) is 10.1 Å². The standard InChI is InChI=1S/C22H25FN6O3/c1-27(2)19-12-28(3)20(31)10-15(19)8-9-17(13-30)25-22(32)21-24-14-29(26-21)11-16-6-4-5-7-18(16)23/h4-7,10,12-14,17H,8-9,11H2,1-3H3,(H,25,32). The van der Waals surface area contributed by atoms with E-state index in [2.05, 4.69) is 15.4 Å². The van der Waals surface area contributed by atoms with Gasteiger partial charge in [0.25, 0.3) is 11.5 Å². The molecule has 0 aliphatic rings. The van der Waals surface area contributed by atoms with Crippen molar-refractivity contribution in [2.75, 3.05) is 19.0 Å². The minimum absolute atomic E-state index is 0.115. The molecule has 32 heavy (non-hydrogen) atoms. The molecule has 2 aromatic heterocycles. The Balaban J connectivity index is 1.64. The van der Waals surface area contributed by atoms with Crippen molar-refractivity contribution >= 4 is 17.9 Å². The Bertz CT molecular complexity index is 1170. The molecule has 0 saturated carbocycles. The third-order valence-corrected chi connectivity index (χ3v) is 5.01. The van der Waals surface area contributed by atoms with E-state index < -0.39 is 11.9 Å². The maximum Gasteiger partial charge on any atom is 0.291 e. The van der Waals surface area contributed by atoms with Gasteiger partial charge in [0, 0.05) is 39.0 Å².